The second-order valence-electron chi connectivity index (χ2n) is 11.7. The molecule has 8 aromatic rings. The van der Waals surface area contributed by atoms with Crippen LogP contribution in [-0.4, -0.2) is 6.04 Å². The molecule has 4 heteroatoms. The highest BCUT2D eigenvalue weighted by Crippen LogP contribution is 2.46. The molecule has 0 saturated heterocycles. The van der Waals surface area contributed by atoms with Crippen molar-refractivity contribution < 1.29 is 0 Å². The fourth-order valence-electron chi connectivity index (χ4n) is 6.87. The smallest absolute Gasteiger partial charge is 0.0640 e. The Morgan fingerprint density at radius 1 is 0.457 bits per heavy atom. The van der Waals surface area contributed by atoms with Gasteiger partial charge in [-0.15, -0.1) is 22.7 Å². The zero-order chi connectivity index (χ0) is 30.5. The van der Waals surface area contributed by atoms with Gasteiger partial charge in [0.1, 0.15) is 0 Å². The molecule has 9 rings (SSSR count). The van der Waals surface area contributed by atoms with Crippen LogP contribution in [0.4, 0.5) is 28.4 Å². The van der Waals surface area contributed by atoms with Gasteiger partial charge >= 0.3 is 0 Å². The van der Waals surface area contributed by atoms with Crippen LogP contribution in [0, 0.1) is 0 Å². The molecule has 0 saturated carbocycles. The van der Waals surface area contributed by atoms with Crippen molar-refractivity contribution in [2.75, 3.05) is 9.80 Å². The first-order valence-corrected chi connectivity index (χ1v) is 17.4. The van der Waals surface area contributed by atoms with E-state index < -0.39 is 0 Å². The van der Waals surface area contributed by atoms with Gasteiger partial charge in [0.05, 0.1) is 26.8 Å². The second-order valence-corrected chi connectivity index (χ2v) is 13.8. The van der Waals surface area contributed by atoms with Crippen LogP contribution >= 0.6 is 22.7 Å². The maximum Gasteiger partial charge on any atom is 0.0640 e. The summed E-state index contributed by atoms with van der Waals surface area (Å²) in [6.07, 6.45) is 9.91. The van der Waals surface area contributed by atoms with E-state index in [-0.39, 0.29) is 6.04 Å². The predicted molar refractivity (Wildman–Crippen MR) is 202 cm³/mol. The summed E-state index contributed by atoms with van der Waals surface area (Å²) in [5.74, 6) is 0. The van der Waals surface area contributed by atoms with Crippen molar-refractivity contribution >= 4 is 91.5 Å². The number of thiophene rings is 2. The van der Waals surface area contributed by atoms with Crippen molar-refractivity contribution in [3.05, 3.63) is 164 Å². The van der Waals surface area contributed by atoms with E-state index in [0.29, 0.717) is 0 Å². The van der Waals surface area contributed by atoms with Gasteiger partial charge in [0.25, 0.3) is 0 Å². The van der Waals surface area contributed by atoms with Crippen LogP contribution in [0.3, 0.4) is 0 Å². The van der Waals surface area contributed by atoms with Gasteiger partial charge in [-0.25, -0.2) is 0 Å². The highest BCUT2D eigenvalue weighted by Gasteiger charge is 2.24. The molecule has 0 radical (unpaired) electrons. The quantitative estimate of drug-likeness (QED) is 0.181. The van der Waals surface area contributed by atoms with E-state index >= 15 is 0 Å². The molecule has 1 aliphatic carbocycles. The van der Waals surface area contributed by atoms with Crippen LogP contribution in [0.15, 0.2) is 164 Å². The molecule has 6 aromatic carbocycles. The Labute approximate surface area is 276 Å². The molecule has 0 spiro atoms. The van der Waals surface area contributed by atoms with E-state index in [9.17, 15) is 0 Å². The first kappa shape index (κ1) is 27.2. The lowest BCUT2D eigenvalue weighted by Gasteiger charge is -2.33. The molecule has 0 amide bonds. The molecule has 0 N–H and O–H groups in total. The average Bonchev–Trinajstić information content (AvgIpc) is 3.70. The minimum atomic E-state index is 0.226. The zero-order valence-electron chi connectivity index (χ0n) is 25.1. The molecular weight excluding hydrogens is 597 g/mol. The van der Waals surface area contributed by atoms with Gasteiger partial charge < -0.3 is 9.80 Å². The zero-order valence-corrected chi connectivity index (χ0v) is 26.7. The van der Waals surface area contributed by atoms with Crippen LogP contribution in [-0.2, 0) is 0 Å². The van der Waals surface area contributed by atoms with Crippen LogP contribution in [0.5, 0.6) is 0 Å². The van der Waals surface area contributed by atoms with Crippen molar-refractivity contribution in [2.45, 2.75) is 12.5 Å². The minimum Gasteiger partial charge on any atom is -0.333 e. The van der Waals surface area contributed by atoms with E-state index in [0.717, 1.165) is 17.8 Å². The highest BCUT2D eigenvalue weighted by molar-refractivity contribution is 7.26. The summed E-state index contributed by atoms with van der Waals surface area (Å²) in [7, 11) is 0. The second kappa shape index (κ2) is 11.3. The number of benzene rings is 6. The number of anilines is 5. The molecule has 220 valence electrons. The molecule has 2 heterocycles. The van der Waals surface area contributed by atoms with Crippen LogP contribution in [0.2, 0.25) is 0 Å². The number of rotatable bonds is 6. The Hall–Kier alpha value is -5.16. The molecule has 46 heavy (non-hydrogen) atoms. The molecule has 0 bridgehead atoms. The van der Waals surface area contributed by atoms with Crippen molar-refractivity contribution in [3.8, 4) is 0 Å². The summed E-state index contributed by atoms with van der Waals surface area (Å²) in [4.78, 5) is 4.93. The third-order valence-electron chi connectivity index (χ3n) is 8.96. The topological polar surface area (TPSA) is 6.48 Å². The van der Waals surface area contributed by atoms with Crippen molar-refractivity contribution in [1.29, 1.82) is 0 Å². The summed E-state index contributed by atoms with van der Waals surface area (Å²) < 4.78 is 5.27. The van der Waals surface area contributed by atoms with Gasteiger partial charge in [-0.2, -0.15) is 0 Å². The van der Waals surface area contributed by atoms with Crippen molar-refractivity contribution in [2.24, 2.45) is 0 Å². The van der Waals surface area contributed by atoms with E-state index in [2.05, 4.69) is 174 Å². The molecule has 2 aromatic heterocycles. The van der Waals surface area contributed by atoms with E-state index in [1.54, 1.807) is 0 Å². The molecule has 0 aliphatic heterocycles. The SMILES string of the molecule is C1=CCC(N(c2ccc(N(c3ccccc3)c3cccc4c3sc3ccccc34)cc2)c2cccc3c2sc2ccccc23)C=C1. The van der Waals surface area contributed by atoms with Gasteiger partial charge in [-0.3, -0.25) is 0 Å². The Kier molecular flexibility index (Phi) is 6.69. The van der Waals surface area contributed by atoms with Crippen LogP contribution in [0.1, 0.15) is 6.42 Å². The lowest BCUT2D eigenvalue weighted by Crippen LogP contribution is -2.29. The largest absolute Gasteiger partial charge is 0.333 e. The summed E-state index contributed by atoms with van der Waals surface area (Å²) in [6.45, 7) is 0. The van der Waals surface area contributed by atoms with Gasteiger partial charge in [0.2, 0.25) is 0 Å². The lowest BCUT2D eigenvalue weighted by atomic mass is 10.0. The Morgan fingerprint density at radius 3 is 1.65 bits per heavy atom. The molecule has 2 nitrogen and oxygen atoms in total. The maximum atomic E-state index is 2.53. The number of allylic oxidation sites excluding steroid dienone is 2. The summed E-state index contributed by atoms with van der Waals surface area (Å²) in [5, 5.41) is 5.26. The standard InChI is InChI=1S/C42H30N2S2/c1-3-13-29(14-4-1)43(37-21-11-19-35-33-17-7-9-23-39(33)45-41(35)37)31-25-27-32(28-26-31)44(30-15-5-2-6-16-30)38-22-12-20-36-34-18-8-10-24-40(34)46-42(36)38/h1-15,17-28,30H,16H2. The normalized spacial score (nSPS) is 14.5. The van der Waals surface area contributed by atoms with E-state index in [1.165, 1.54) is 57.4 Å². The van der Waals surface area contributed by atoms with E-state index in [1.807, 2.05) is 22.7 Å². The first-order valence-electron chi connectivity index (χ1n) is 15.7. The third-order valence-corrected chi connectivity index (χ3v) is 11.4. The number of hydrogen-bond acceptors (Lipinski definition) is 4. The van der Waals surface area contributed by atoms with Crippen molar-refractivity contribution in [1.82, 2.24) is 0 Å². The number of para-hydroxylation sites is 1. The molecule has 1 atom stereocenters. The van der Waals surface area contributed by atoms with E-state index in [4.69, 9.17) is 0 Å². The Bertz CT molecular complexity index is 2410. The summed E-state index contributed by atoms with van der Waals surface area (Å²) >= 11 is 3.76. The van der Waals surface area contributed by atoms with Crippen LogP contribution in [0.25, 0.3) is 40.3 Å². The molecular formula is C42H30N2S2. The van der Waals surface area contributed by atoms with Crippen molar-refractivity contribution in [3.63, 3.8) is 0 Å². The predicted octanol–water partition coefficient (Wildman–Crippen LogP) is 12.9. The highest BCUT2D eigenvalue weighted by atomic mass is 32.1. The van der Waals surface area contributed by atoms with Gasteiger partial charge in [-0.1, -0.05) is 103 Å². The minimum absolute atomic E-state index is 0.226. The van der Waals surface area contributed by atoms with Gasteiger partial charge in [0.15, 0.2) is 0 Å². The number of hydrogen-bond donors (Lipinski definition) is 0. The number of fused-ring (bicyclic) bond motifs is 6. The fraction of sp³-hybridized carbons (Fsp3) is 0.0476. The van der Waals surface area contributed by atoms with Gasteiger partial charge in [0, 0.05) is 48.0 Å². The molecule has 0 fully saturated rings. The maximum absolute atomic E-state index is 2.53. The lowest BCUT2D eigenvalue weighted by molar-refractivity contribution is 0.788. The molecule has 1 unspecified atom stereocenters. The fourth-order valence-corrected chi connectivity index (χ4v) is 9.28. The van der Waals surface area contributed by atoms with Gasteiger partial charge in [-0.05, 0) is 67.1 Å². The summed E-state index contributed by atoms with van der Waals surface area (Å²) in [5.41, 5.74) is 5.93. The summed E-state index contributed by atoms with van der Waals surface area (Å²) in [6, 6.07) is 51.1. The molecule has 1 aliphatic rings. The first-order chi connectivity index (χ1) is 22.8. The Balaban J connectivity index is 1.20. The monoisotopic (exact) mass is 626 g/mol. The number of nitrogens with zero attached hydrogens (tertiary/aromatic N) is 2. The average molecular weight is 627 g/mol. The Morgan fingerprint density at radius 2 is 1.00 bits per heavy atom. The third kappa shape index (κ3) is 4.53. The van der Waals surface area contributed by atoms with Crippen LogP contribution < -0.4 is 9.80 Å².